The fourth-order valence-corrected chi connectivity index (χ4v) is 2.66. The summed E-state index contributed by atoms with van der Waals surface area (Å²) in [6.45, 7) is 0. The maximum Gasteiger partial charge on any atom is 0.345 e. The van der Waals surface area contributed by atoms with Crippen molar-refractivity contribution >= 4 is 28.8 Å². The summed E-state index contributed by atoms with van der Waals surface area (Å²) in [6, 6.07) is 11.4. The highest BCUT2D eigenvalue weighted by Crippen LogP contribution is 2.17. The lowest BCUT2D eigenvalue weighted by Gasteiger charge is -2.03. The van der Waals surface area contributed by atoms with Gasteiger partial charge in [0.15, 0.2) is 5.36 Å². The Kier molecular flexibility index (Phi) is 4.39. The number of nitrogens with one attached hydrogen (secondary N) is 2. The van der Waals surface area contributed by atoms with Gasteiger partial charge < -0.3 is 0 Å². The van der Waals surface area contributed by atoms with Crippen LogP contribution in [0.3, 0.4) is 0 Å². The molecule has 0 aliphatic heterocycles. The van der Waals surface area contributed by atoms with Gasteiger partial charge in [0.25, 0.3) is 0 Å². The van der Waals surface area contributed by atoms with Crippen molar-refractivity contribution in [2.75, 3.05) is 0 Å². The van der Waals surface area contributed by atoms with E-state index in [0.29, 0.717) is 0 Å². The maximum absolute atomic E-state index is 13.4. The number of benzene rings is 2. The Morgan fingerprint density at radius 3 is 2.17 bits per heavy atom. The Balaban J connectivity index is 1.77. The van der Waals surface area contributed by atoms with E-state index in [2.05, 4.69) is 15.2 Å². The maximum atomic E-state index is 13.4. The van der Waals surface area contributed by atoms with Gasteiger partial charge in [0.2, 0.25) is 10.9 Å². The van der Waals surface area contributed by atoms with Crippen molar-refractivity contribution in [2.24, 2.45) is 5.10 Å². The minimum absolute atomic E-state index is 0.223. The third-order valence-electron chi connectivity index (χ3n) is 3.21. The predicted molar refractivity (Wildman–Crippen MR) is 88.3 cm³/mol. The van der Waals surface area contributed by atoms with Crippen LogP contribution in [0.5, 0.6) is 0 Å². The van der Waals surface area contributed by atoms with E-state index in [1.807, 2.05) is 0 Å². The van der Waals surface area contributed by atoms with Crippen LogP contribution in [0.1, 0.15) is 0 Å². The lowest BCUT2D eigenvalue weighted by Crippen LogP contribution is -2.37. The Morgan fingerprint density at radius 2 is 1.54 bits per heavy atom. The largest absolute Gasteiger partial charge is 0.345 e. The van der Waals surface area contributed by atoms with Gasteiger partial charge in [-0.1, -0.05) is 36.4 Å². The SMILES string of the molecule is O=C(NN=c1c(=O)c2ccccc2c1=O)NSc1ccccc1F. The summed E-state index contributed by atoms with van der Waals surface area (Å²) in [6.07, 6.45) is 0. The van der Waals surface area contributed by atoms with E-state index in [9.17, 15) is 18.8 Å². The Labute approximate surface area is 138 Å². The Hall–Kier alpha value is -3.00. The number of urea groups is 1. The molecule has 6 nitrogen and oxygen atoms in total. The molecule has 3 aromatic carbocycles. The molecule has 0 aliphatic carbocycles. The third-order valence-corrected chi connectivity index (χ3v) is 4.04. The molecule has 0 heterocycles. The molecule has 0 spiro atoms. The molecule has 0 radical (unpaired) electrons. The van der Waals surface area contributed by atoms with Crippen molar-refractivity contribution in [1.82, 2.24) is 10.1 Å². The van der Waals surface area contributed by atoms with E-state index in [4.69, 9.17) is 0 Å². The highest BCUT2D eigenvalue weighted by atomic mass is 32.2. The first-order valence-electron chi connectivity index (χ1n) is 6.81. The van der Waals surface area contributed by atoms with Crippen LogP contribution < -0.4 is 26.4 Å². The number of hydrogen-bond acceptors (Lipinski definition) is 5. The van der Waals surface area contributed by atoms with Gasteiger partial charge in [0, 0.05) is 10.8 Å². The first kappa shape index (κ1) is 15.9. The first-order chi connectivity index (χ1) is 11.6. The van der Waals surface area contributed by atoms with Crippen LogP contribution in [-0.4, -0.2) is 6.03 Å². The molecule has 0 saturated heterocycles. The Bertz CT molecular complexity index is 1020. The monoisotopic (exact) mass is 343 g/mol. The second-order valence-corrected chi connectivity index (χ2v) is 5.59. The van der Waals surface area contributed by atoms with E-state index < -0.39 is 22.7 Å². The van der Waals surface area contributed by atoms with Crippen LogP contribution in [0.25, 0.3) is 10.8 Å². The van der Waals surface area contributed by atoms with E-state index in [0.717, 1.165) is 11.9 Å². The molecule has 3 aromatic rings. The molecule has 0 bridgehead atoms. The van der Waals surface area contributed by atoms with Crippen LogP contribution in [0.15, 0.2) is 68.1 Å². The Morgan fingerprint density at radius 1 is 0.958 bits per heavy atom. The molecule has 24 heavy (non-hydrogen) atoms. The van der Waals surface area contributed by atoms with Gasteiger partial charge in [0.1, 0.15) is 5.82 Å². The van der Waals surface area contributed by atoms with Crippen molar-refractivity contribution < 1.29 is 9.18 Å². The summed E-state index contributed by atoms with van der Waals surface area (Å²) in [4.78, 5) is 36.0. The highest BCUT2D eigenvalue weighted by Gasteiger charge is 2.10. The number of halogens is 1. The molecule has 120 valence electrons. The average Bonchev–Trinajstić information content (AvgIpc) is 2.84. The topological polar surface area (TPSA) is 87.6 Å². The normalized spacial score (nSPS) is 10.5. The summed E-state index contributed by atoms with van der Waals surface area (Å²) in [5, 5.41) is 3.73. The van der Waals surface area contributed by atoms with Crippen LogP contribution in [0, 0.1) is 5.82 Å². The summed E-state index contributed by atoms with van der Waals surface area (Å²) in [7, 11) is 0. The average molecular weight is 343 g/mol. The second kappa shape index (κ2) is 6.63. The van der Waals surface area contributed by atoms with Crippen LogP contribution in [0.4, 0.5) is 9.18 Å². The van der Waals surface area contributed by atoms with Crippen molar-refractivity contribution in [3.05, 3.63) is 80.2 Å². The number of hydrogen-bond donors (Lipinski definition) is 2. The lowest BCUT2D eigenvalue weighted by atomic mass is 10.2. The highest BCUT2D eigenvalue weighted by molar-refractivity contribution is 7.98. The molecule has 2 N–H and O–H groups in total. The van der Waals surface area contributed by atoms with Gasteiger partial charge in [-0.05, 0) is 24.1 Å². The van der Waals surface area contributed by atoms with Gasteiger partial charge in [-0.25, -0.2) is 14.6 Å². The zero-order valence-electron chi connectivity index (χ0n) is 12.1. The molecule has 3 rings (SSSR count). The zero-order valence-corrected chi connectivity index (χ0v) is 12.9. The number of nitrogens with zero attached hydrogens (tertiary/aromatic N) is 1. The number of amides is 2. The van der Waals surface area contributed by atoms with Gasteiger partial charge in [-0.2, -0.15) is 5.10 Å². The molecule has 0 atom stereocenters. The number of fused-ring (bicyclic) bond motifs is 1. The van der Waals surface area contributed by atoms with Crippen LogP contribution in [-0.2, 0) is 0 Å². The molecule has 0 saturated carbocycles. The summed E-state index contributed by atoms with van der Waals surface area (Å²) < 4.78 is 15.7. The zero-order chi connectivity index (χ0) is 17.1. The van der Waals surface area contributed by atoms with Gasteiger partial charge in [-0.3, -0.25) is 14.3 Å². The molecule has 0 aliphatic rings. The van der Waals surface area contributed by atoms with Crippen molar-refractivity contribution in [2.45, 2.75) is 4.90 Å². The van der Waals surface area contributed by atoms with Gasteiger partial charge >= 0.3 is 6.03 Å². The van der Waals surface area contributed by atoms with E-state index in [-0.39, 0.29) is 21.0 Å². The molecule has 0 aromatic heterocycles. The third kappa shape index (κ3) is 3.04. The van der Waals surface area contributed by atoms with Crippen molar-refractivity contribution in [3.63, 3.8) is 0 Å². The van der Waals surface area contributed by atoms with E-state index in [1.165, 1.54) is 30.3 Å². The smallest absolute Gasteiger partial charge is 0.287 e. The number of carbonyl (C=O) groups is 1. The summed E-state index contributed by atoms with van der Waals surface area (Å²) >= 11 is 0.750. The molecule has 2 amide bonds. The van der Waals surface area contributed by atoms with Crippen molar-refractivity contribution in [3.8, 4) is 0 Å². The number of rotatable bonds is 3. The molecular weight excluding hydrogens is 333 g/mol. The quantitative estimate of drug-likeness (QED) is 0.556. The van der Waals surface area contributed by atoms with Crippen LogP contribution in [0.2, 0.25) is 0 Å². The molecule has 0 fully saturated rings. The van der Waals surface area contributed by atoms with Crippen LogP contribution >= 0.6 is 11.9 Å². The van der Waals surface area contributed by atoms with E-state index >= 15 is 0 Å². The fraction of sp³-hybridized carbons (Fsp3) is 0. The minimum atomic E-state index is -0.785. The predicted octanol–water partition coefficient (Wildman–Crippen LogP) is 1.40. The van der Waals surface area contributed by atoms with E-state index in [1.54, 1.807) is 18.2 Å². The lowest BCUT2D eigenvalue weighted by molar-refractivity contribution is 0.246. The minimum Gasteiger partial charge on any atom is -0.287 e. The summed E-state index contributed by atoms with van der Waals surface area (Å²) in [5.74, 6) is -0.481. The number of carbonyl (C=O) groups excluding carboxylic acids is 1. The second-order valence-electron chi connectivity index (χ2n) is 4.74. The molecular formula is C16H10FN3O3S. The van der Waals surface area contributed by atoms with Gasteiger partial charge in [0.05, 0.1) is 4.90 Å². The molecule has 8 heteroatoms. The van der Waals surface area contributed by atoms with Crippen molar-refractivity contribution in [1.29, 1.82) is 0 Å². The summed E-state index contributed by atoms with van der Waals surface area (Å²) in [5.41, 5.74) is 0.975. The molecule has 0 unspecified atom stereocenters. The van der Waals surface area contributed by atoms with Gasteiger partial charge in [-0.15, -0.1) is 0 Å². The fourth-order valence-electron chi connectivity index (χ4n) is 2.10. The first-order valence-corrected chi connectivity index (χ1v) is 7.63. The standard InChI is InChI=1S/C16H10FN3O3S/c17-11-7-3-4-8-12(11)24-20-16(23)19-18-13-14(21)9-5-1-2-6-10(9)15(13)22/h1-8H,(H2,19,20,23).